The quantitative estimate of drug-likeness (QED) is 0.725. The lowest BCUT2D eigenvalue weighted by Gasteiger charge is -2.04. The highest BCUT2D eigenvalue weighted by Gasteiger charge is 2.18. The molecule has 116 valence electrons. The normalized spacial score (nSPS) is 11.9. The van der Waals surface area contributed by atoms with Gasteiger partial charge < -0.3 is 14.2 Å². The average Bonchev–Trinajstić information content (AvgIpc) is 3.08. The molecule has 2 aromatic heterocycles. The van der Waals surface area contributed by atoms with Crippen LogP contribution in [0.25, 0.3) is 0 Å². The van der Waals surface area contributed by atoms with E-state index in [-0.39, 0.29) is 18.0 Å². The van der Waals surface area contributed by atoms with Crippen molar-refractivity contribution in [2.45, 2.75) is 37.8 Å². The number of sulfonamides is 1. The maximum atomic E-state index is 12.2. The van der Waals surface area contributed by atoms with Gasteiger partial charge in [-0.1, -0.05) is 12.1 Å². The van der Waals surface area contributed by atoms with Crippen LogP contribution >= 0.6 is 0 Å². The molecule has 9 heteroatoms. The first-order valence-electron chi connectivity index (χ1n) is 6.61. The van der Waals surface area contributed by atoms with E-state index in [1.54, 1.807) is 4.57 Å². The van der Waals surface area contributed by atoms with Crippen LogP contribution < -0.4 is 4.72 Å². The van der Waals surface area contributed by atoms with Crippen molar-refractivity contribution in [1.29, 1.82) is 0 Å². The minimum atomic E-state index is -3.61. The Morgan fingerprint density at radius 1 is 1.48 bits per heavy atom. The number of hydrogen-bond acceptors (Lipinski definition) is 6. The van der Waals surface area contributed by atoms with Gasteiger partial charge in [0.15, 0.2) is 5.82 Å². The first kappa shape index (κ1) is 15.7. The number of aliphatic hydroxyl groups excluding tert-OH is 1. The molecular weight excluding hydrogens is 296 g/mol. The first-order valence-corrected chi connectivity index (χ1v) is 8.10. The summed E-state index contributed by atoms with van der Waals surface area (Å²) in [6.07, 6.45) is 3.93. The molecule has 2 rings (SSSR count). The first-order chi connectivity index (χ1) is 10.1. The van der Waals surface area contributed by atoms with Crippen LogP contribution in [0, 0.1) is 0 Å². The van der Waals surface area contributed by atoms with Gasteiger partial charge in [-0.3, -0.25) is 0 Å². The van der Waals surface area contributed by atoms with Gasteiger partial charge in [-0.15, -0.1) is 0 Å². The zero-order chi connectivity index (χ0) is 15.3. The molecule has 21 heavy (non-hydrogen) atoms. The molecule has 0 saturated heterocycles. The van der Waals surface area contributed by atoms with E-state index in [1.165, 1.54) is 18.7 Å². The molecule has 0 bridgehead atoms. The molecule has 2 N–H and O–H groups in total. The van der Waals surface area contributed by atoms with E-state index in [0.29, 0.717) is 24.5 Å². The van der Waals surface area contributed by atoms with Crippen LogP contribution in [-0.2, 0) is 29.6 Å². The predicted molar refractivity (Wildman–Crippen MR) is 73.8 cm³/mol. The van der Waals surface area contributed by atoms with Crippen molar-refractivity contribution in [2.75, 3.05) is 6.54 Å². The van der Waals surface area contributed by atoms with Crippen molar-refractivity contribution >= 4 is 10.0 Å². The minimum absolute atomic E-state index is 0.146. The third-order valence-electron chi connectivity index (χ3n) is 2.95. The molecule has 0 aromatic carbocycles. The van der Waals surface area contributed by atoms with E-state index < -0.39 is 10.0 Å². The number of hydrogen-bond donors (Lipinski definition) is 2. The van der Waals surface area contributed by atoms with Gasteiger partial charge in [-0.25, -0.2) is 13.1 Å². The highest BCUT2D eigenvalue weighted by molar-refractivity contribution is 7.89. The smallest absolute Gasteiger partial charge is 0.242 e. The molecule has 0 spiro atoms. The maximum Gasteiger partial charge on any atom is 0.242 e. The van der Waals surface area contributed by atoms with Crippen molar-refractivity contribution in [3.63, 3.8) is 0 Å². The summed E-state index contributed by atoms with van der Waals surface area (Å²) in [5.74, 6) is 0.442. The van der Waals surface area contributed by atoms with E-state index in [1.807, 2.05) is 6.92 Å². The number of rotatable bonds is 8. The standard InChI is InChI=1S/C12H18N4O4S/c1-2-5-16-7-11(6-10(16)8-17)21(18,19)14-4-3-12-13-9-20-15-12/h6-7,9,14,17H,2-5,8H2,1H3. The minimum Gasteiger partial charge on any atom is -0.390 e. The van der Waals surface area contributed by atoms with Crippen molar-refractivity contribution in [3.05, 3.63) is 30.2 Å². The fourth-order valence-electron chi connectivity index (χ4n) is 1.94. The Hall–Kier alpha value is -1.71. The maximum absolute atomic E-state index is 12.2. The van der Waals surface area contributed by atoms with Gasteiger partial charge in [-0.05, 0) is 12.5 Å². The number of nitrogens with one attached hydrogen (secondary N) is 1. The lowest BCUT2D eigenvalue weighted by Crippen LogP contribution is -2.26. The zero-order valence-corrected chi connectivity index (χ0v) is 12.5. The molecule has 0 aliphatic carbocycles. The second-order valence-electron chi connectivity index (χ2n) is 4.51. The number of nitrogens with zero attached hydrogens (tertiary/aromatic N) is 3. The van der Waals surface area contributed by atoms with Crippen LogP contribution in [0.15, 0.2) is 28.1 Å². The molecule has 2 aromatic rings. The lowest BCUT2D eigenvalue weighted by atomic mass is 10.4. The Morgan fingerprint density at radius 2 is 2.29 bits per heavy atom. The monoisotopic (exact) mass is 314 g/mol. The molecule has 8 nitrogen and oxygen atoms in total. The van der Waals surface area contributed by atoms with Gasteiger partial charge in [0.05, 0.1) is 11.5 Å². The van der Waals surface area contributed by atoms with E-state index >= 15 is 0 Å². The van der Waals surface area contributed by atoms with Crippen molar-refractivity contribution in [1.82, 2.24) is 19.4 Å². The number of aromatic nitrogens is 3. The van der Waals surface area contributed by atoms with Gasteiger partial charge in [-0.2, -0.15) is 4.98 Å². The molecule has 2 heterocycles. The summed E-state index contributed by atoms with van der Waals surface area (Å²) in [6.45, 7) is 2.63. The Balaban J connectivity index is 2.04. The topological polar surface area (TPSA) is 110 Å². The van der Waals surface area contributed by atoms with Gasteiger partial charge in [0.25, 0.3) is 0 Å². The Bertz CT molecular complexity index is 663. The van der Waals surface area contributed by atoms with E-state index in [0.717, 1.165) is 6.42 Å². The fourth-order valence-corrected chi connectivity index (χ4v) is 3.03. The fraction of sp³-hybridized carbons (Fsp3) is 0.500. The summed E-state index contributed by atoms with van der Waals surface area (Å²) in [4.78, 5) is 3.96. The Kier molecular flexibility index (Phi) is 5.10. The average molecular weight is 314 g/mol. The van der Waals surface area contributed by atoms with Crippen molar-refractivity contribution in [3.8, 4) is 0 Å². The second-order valence-corrected chi connectivity index (χ2v) is 6.28. The molecule has 0 aliphatic heterocycles. The molecule has 0 amide bonds. The molecular formula is C12H18N4O4S. The number of aryl methyl sites for hydroxylation is 1. The van der Waals surface area contributed by atoms with Crippen molar-refractivity contribution < 1.29 is 18.0 Å². The third-order valence-corrected chi connectivity index (χ3v) is 4.37. The highest BCUT2D eigenvalue weighted by atomic mass is 32.2. The summed E-state index contributed by atoms with van der Waals surface area (Å²) < 4.78 is 33.1. The Labute approximate surface area is 122 Å². The molecule has 0 aliphatic rings. The van der Waals surface area contributed by atoms with E-state index in [4.69, 9.17) is 0 Å². The summed E-state index contributed by atoms with van der Waals surface area (Å²) in [5, 5.41) is 12.9. The highest BCUT2D eigenvalue weighted by Crippen LogP contribution is 2.15. The molecule has 0 fully saturated rings. The zero-order valence-electron chi connectivity index (χ0n) is 11.7. The van der Waals surface area contributed by atoms with Crippen LogP contribution in [0.2, 0.25) is 0 Å². The summed E-state index contributed by atoms with van der Waals surface area (Å²) >= 11 is 0. The molecule has 0 saturated carbocycles. The van der Waals surface area contributed by atoms with E-state index in [2.05, 4.69) is 19.4 Å². The molecule has 0 radical (unpaired) electrons. The van der Waals surface area contributed by atoms with Gasteiger partial charge >= 0.3 is 0 Å². The van der Waals surface area contributed by atoms with Crippen LogP contribution in [0.5, 0.6) is 0 Å². The van der Waals surface area contributed by atoms with Gasteiger partial charge in [0.1, 0.15) is 0 Å². The van der Waals surface area contributed by atoms with Crippen LogP contribution in [0.1, 0.15) is 24.9 Å². The summed E-state index contributed by atoms with van der Waals surface area (Å²) in [5.41, 5.74) is 0.579. The lowest BCUT2D eigenvalue weighted by molar-refractivity contribution is 0.270. The largest absolute Gasteiger partial charge is 0.390 e. The predicted octanol–water partition coefficient (Wildman–Crippen LogP) is 0.294. The van der Waals surface area contributed by atoms with Crippen LogP contribution in [-0.4, -0.2) is 34.8 Å². The molecule has 0 unspecified atom stereocenters. The second kappa shape index (κ2) is 6.83. The summed E-state index contributed by atoms with van der Waals surface area (Å²) in [7, 11) is -3.61. The molecule has 0 atom stereocenters. The van der Waals surface area contributed by atoms with Crippen molar-refractivity contribution in [2.24, 2.45) is 0 Å². The van der Waals surface area contributed by atoms with Gasteiger partial charge in [0, 0.05) is 31.4 Å². The van der Waals surface area contributed by atoms with Crippen LogP contribution in [0.3, 0.4) is 0 Å². The van der Waals surface area contributed by atoms with Crippen LogP contribution in [0.4, 0.5) is 0 Å². The third kappa shape index (κ3) is 3.90. The van der Waals surface area contributed by atoms with E-state index in [9.17, 15) is 13.5 Å². The SMILES string of the molecule is CCCn1cc(S(=O)(=O)NCCc2ncon2)cc1CO. The summed E-state index contributed by atoms with van der Waals surface area (Å²) in [6, 6.07) is 1.48. The number of aliphatic hydroxyl groups is 1. The Morgan fingerprint density at radius 3 is 2.90 bits per heavy atom. The van der Waals surface area contributed by atoms with Gasteiger partial charge in [0.2, 0.25) is 16.4 Å².